The lowest BCUT2D eigenvalue weighted by atomic mass is 10.2. The maximum Gasteiger partial charge on any atom is 0.306 e. The summed E-state index contributed by atoms with van der Waals surface area (Å²) in [6, 6.07) is 15.8. The van der Waals surface area contributed by atoms with Gasteiger partial charge < -0.3 is 15.4 Å². The van der Waals surface area contributed by atoms with Gasteiger partial charge >= 0.3 is 5.97 Å². The molecule has 0 atom stereocenters. The number of carbonyl (C=O) groups excluding carboxylic acids is 4. The van der Waals surface area contributed by atoms with E-state index in [4.69, 9.17) is 17.0 Å². The molecule has 0 heterocycles. The Labute approximate surface area is 190 Å². The van der Waals surface area contributed by atoms with Crippen LogP contribution in [0.1, 0.15) is 35.7 Å². The van der Waals surface area contributed by atoms with Gasteiger partial charge in [0.15, 0.2) is 5.11 Å². The number of ether oxygens (including phenoxy) is 1. The van der Waals surface area contributed by atoms with Crippen LogP contribution >= 0.6 is 12.2 Å². The van der Waals surface area contributed by atoms with Gasteiger partial charge in [0.1, 0.15) is 0 Å². The molecule has 0 bridgehead atoms. The fourth-order valence-corrected chi connectivity index (χ4v) is 2.69. The van der Waals surface area contributed by atoms with Crippen LogP contribution in [0.25, 0.3) is 0 Å². The Morgan fingerprint density at radius 3 is 2.25 bits per heavy atom. The highest BCUT2D eigenvalue weighted by Gasteiger charge is 2.11. The fraction of sp³-hybridized carbons (Fsp3) is 0.227. The summed E-state index contributed by atoms with van der Waals surface area (Å²) in [4.78, 5) is 46.7. The van der Waals surface area contributed by atoms with Crippen molar-refractivity contribution in [3.63, 3.8) is 0 Å². The Hall–Kier alpha value is -3.79. The lowest BCUT2D eigenvalue weighted by molar-refractivity contribution is -0.144. The Kier molecular flexibility index (Phi) is 9.79. The average Bonchev–Trinajstić information content (AvgIpc) is 2.77. The van der Waals surface area contributed by atoms with E-state index in [9.17, 15) is 19.2 Å². The van der Waals surface area contributed by atoms with Gasteiger partial charge in [-0.1, -0.05) is 30.3 Å². The zero-order chi connectivity index (χ0) is 23.3. The highest BCUT2D eigenvalue weighted by atomic mass is 32.1. The predicted octanol–water partition coefficient (Wildman–Crippen LogP) is 1.85. The maximum absolute atomic E-state index is 12.1. The van der Waals surface area contributed by atoms with Crippen LogP contribution in [0.2, 0.25) is 0 Å². The number of carbonyl (C=O) groups is 4. The van der Waals surface area contributed by atoms with Crippen molar-refractivity contribution in [3.05, 3.63) is 65.7 Å². The summed E-state index contributed by atoms with van der Waals surface area (Å²) in [5.74, 6) is -1.68. The van der Waals surface area contributed by atoms with Crippen LogP contribution < -0.4 is 21.5 Å². The van der Waals surface area contributed by atoms with E-state index in [2.05, 4.69) is 21.5 Å². The van der Waals surface area contributed by atoms with Crippen LogP contribution in [-0.2, 0) is 25.5 Å². The van der Waals surface area contributed by atoms with Crippen molar-refractivity contribution in [3.8, 4) is 0 Å². The highest BCUT2D eigenvalue weighted by Crippen LogP contribution is 2.09. The Morgan fingerprint density at radius 1 is 0.906 bits per heavy atom. The molecule has 0 radical (unpaired) electrons. The quantitative estimate of drug-likeness (QED) is 0.271. The normalized spacial score (nSPS) is 9.91. The molecule has 0 unspecified atom stereocenters. The molecule has 0 saturated heterocycles. The minimum Gasteiger partial charge on any atom is -0.465 e. The van der Waals surface area contributed by atoms with E-state index in [0.717, 1.165) is 5.56 Å². The summed E-state index contributed by atoms with van der Waals surface area (Å²) in [6.45, 7) is 1.62. The molecule has 0 saturated carbocycles. The molecular formula is C22H24N4O5S. The number of esters is 1. The van der Waals surface area contributed by atoms with Gasteiger partial charge in [-0.3, -0.25) is 30.0 Å². The summed E-state index contributed by atoms with van der Waals surface area (Å²) in [7, 11) is 0. The molecular weight excluding hydrogens is 432 g/mol. The van der Waals surface area contributed by atoms with Gasteiger partial charge in [-0.2, -0.15) is 0 Å². The molecule has 2 aromatic carbocycles. The van der Waals surface area contributed by atoms with Gasteiger partial charge in [-0.15, -0.1) is 0 Å². The van der Waals surface area contributed by atoms with Gasteiger partial charge in [0, 0.05) is 31.0 Å². The first-order valence-corrected chi connectivity index (χ1v) is 10.2. The number of amides is 3. The Balaban J connectivity index is 1.62. The van der Waals surface area contributed by atoms with Gasteiger partial charge in [0.05, 0.1) is 13.0 Å². The van der Waals surface area contributed by atoms with Crippen LogP contribution in [0.5, 0.6) is 0 Å². The Bertz CT molecular complexity index is 964. The molecule has 4 N–H and O–H groups in total. The monoisotopic (exact) mass is 456 g/mol. The van der Waals surface area contributed by atoms with Crippen molar-refractivity contribution in [2.45, 2.75) is 26.2 Å². The fourth-order valence-electron chi connectivity index (χ4n) is 2.53. The van der Waals surface area contributed by atoms with Gasteiger partial charge in [0.25, 0.3) is 5.91 Å². The van der Waals surface area contributed by atoms with E-state index in [1.54, 1.807) is 12.1 Å². The molecule has 10 heteroatoms. The summed E-state index contributed by atoms with van der Waals surface area (Å²) < 4.78 is 5.11. The second-order valence-corrected chi connectivity index (χ2v) is 7.08. The molecule has 32 heavy (non-hydrogen) atoms. The third-order valence-electron chi connectivity index (χ3n) is 4.06. The van der Waals surface area contributed by atoms with Crippen molar-refractivity contribution in [1.29, 1.82) is 0 Å². The molecule has 0 aliphatic rings. The van der Waals surface area contributed by atoms with Crippen LogP contribution in [0.4, 0.5) is 5.69 Å². The van der Waals surface area contributed by atoms with Crippen LogP contribution in [0.3, 0.4) is 0 Å². The summed E-state index contributed by atoms with van der Waals surface area (Å²) in [6.07, 6.45) is 0.406. The molecule has 2 rings (SSSR count). The van der Waals surface area contributed by atoms with Crippen LogP contribution in [-0.4, -0.2) is 35.4 Å². The second kappa shape index (κ2) is 12.8. The minimum absolute atomic E-state index is 0.0871. The first-order chi connectivity index (χ1) is 15.3. The van der Waals surface area contributed by atoms with E-state index in [-0.39, 0.29) is 30.5 Å². The molecule has 9 nitrogen and oxygen atoms in total. The number of thiocarbonyl (C=S) groups is 1. The van der Waals surface area contributed by atoms with Crippen LogP contribution in [0.15, 0.2) is 54.6 Å². The van der Waals surface area contributed by atoms with E-state index in [1.165, 1.54) is 19.1 Å². The van der Waals surface area contributed by atoms with E-state index >= 15 is 0 Å². The third kappa shape index (κ3) is 9.35. The topological polar surface area (TPSA) is 126 Å². The van der Waals surface area contributed by atoms with E-state index in [1.807, 2.05) is 30.3 Å². The lowest BCUT2D eigenvalue weighted by Crippen LogP contribution is -2.48. The number of nitrogens with one attached hydrogen (secondary N) is 4. The molecule has 0 spiro atoms. The first kappa shape index (κ1) is 24.5. The van der Waals surface area contributed by atoms with Crippen molar-refractivity contribution in [1.82, 2.24) is 16.2 Å². The van der Waals surface area contributed by atoms with Gasteiger partial charge in [0.2, 0.25) is 11.8 Å². The van der Waals surface area contributed by atoms with Crippen molar-refractivity contribution >= 4 is 46.7 Å². The average molecular weight is 457 g/mol. The Morgan fingerprint density at radius 2 is 1.59 bits per heavy atom. The highest BCUT2D eigenvalue weighted by molar-refractivity contribution is 7.80. The number of hydrogen-bond donors (Lipinski definition) is 4. The lowest BCUT2D eigenvalue weighted by Gasteiger charge is -2.11. The number of rotatable bonds is 8. The predicted molar refractivity (Wildman–Crippen MR) is 122 cm³/mol. The van der Waals surface area contributed by atoms with Crippen molar-refractivity contribution in [2.75, 3.05) is 11.9 Å². The minimum atomic E-state index is -0.489. The number of hydrogen-bond acceptors (Lipinski definition) is 6. The van der Waals surface area contributed by atoms with E-state index in [0.29, 0.717) is 17.7 Å². The first-order valence-electron chi connectivity index (χ1n) is 9.81. The molecule has 0 aliphatic carbocycles. The molecule has 2 aromatic rings. The summed E-state index contributed by atoms with van der Waals surface area (Å²) >= 11 is 4.95. The zero-order valence-electron chi connectivity index (χ0n) is 17.5. The van der Waals surface area contributed by atoms with Crippen molar-refractivity contribution < 1.29 is 23.9 Å². The summed E-state index contributed by atoms with van der Waals surface area (Å²) in [5.41, 5.74) is 6.69. The van der Waals surface area contributed by atoms with Gasteiger partial charge in [-0.05, 0) is 42.0 Å². The van der Waals surface area contributed by atoms with E-state index < -0.39 is 17.8 Å². The molecule has 168 valence electrons. The number of hydrazine groups is 1. The zero-order valence-corrected chi connectivity index (χ0v) is 18.3. The standard InChI is InChI=1S/C22H24N4O5S/c1-15(27)23-18-9-7-17(8-10-18)21(30)25-26-22(32)24-19(28)11-12-20(29)31-14-13-16-5-3-2-4-6-16/h2-10H,11-14H2,1H3,(H,23,27)(H,25,30)(H2,24,26,28,32). The van der Waals surface area contributed by atoms with Gasteiger partial charge in [-0.25, -0.2) is 0 Å². The summed E-state index contributed by atoms with van der Waals surface area (Å²) in [5, 5.41) is 4.84. The number of benzene rings is 2. The smallest absolute Gasteiger partial charge is 0.306 e. The van der Waals surface area contributed by atoms with Crippen LogP contribution in [0, 0.1) is 0 Å². The second-order valence-electron chi connectivity index (χ2n) is 6.67. The largest absolute Gasteiger partial charge is 0.465 e. The van der Waals surface area contributed by atoms with Crippen molar-refractivity contribution in [2.24, 2.45) is 0 Å². The molecule has 0 fully saturated rings. The molecule has 0 aliphatic heterocycles. The number of anilines is 1. The third-order valence-corrected chi connectivity index (χ3v) is 4.27. The molecule has 3 amide bonds. The SMILES string of the molecule is CC(=O)Nc1ccc(C(=O)NNC(=S)NC(=O)CCC(=O)OCCc2ccccc2)cc1. The molecule has 0 aromatic heterocycles. The maximum atomic E-state index is 12.1.